The quantitative estimate of drug-likeness (QED) is 0.469. The first-order valence-electron chi connectivity index (χ1n) is 10.5. The van der Waals surface area contributed by atoms with Gasteiger partial charge < -0.3 is 13.9 Å². The predicted molar refractivity (Wildman–Crippen MR) is 116 cm³/mol. The molecule has 2 aliphatic rings. The third-order valence-corrected chi connectivity index (χ3v) is 6.16. The molecule has 6 nitrogen and oxygen atoms in total. The molecule has 2 atom stereocenters. The molecule has 0 aliphatic carbocycles. The van der Waals surface area contributed by atoms with Crippen LogP contribution in [0, 0.1) is 23.1 Å². The Hall–Kier alpha value is -3.92. The van der Waals surface area contributed by atoms with Gasteiger partial charge in [-0.05, 0) is 54.8 Å². The largest absolute Gasteiger partial charge is 0.457 e. The van der Waals surface area contributed by atoms with E-state index in [9.17, 15) is 19.2 Å². The lowest BCUT2D eigenvalue weighted by Crippen LogP contribution is -2.49. The summed E-state index contributed by atoms with van der Waals surface area (Å²) >= 11 is 0. The molecular formula is C25H20FN3O3. The number of hydrogen-bond acceptors (Lipinski definition) is 4. The lowest BCUT2D eigenvalue weighted by Gasteiger charge is -2.42. The second-order valence-electron chi connectivity index (χ2n) is 8.29. The fourth-order valence-corrected chi connectivity index (χ4v) is 4.72. The van der Waals surface area contributed by atoms with E-state index in [0.29, 0.717) is 36.7 Å². The number of nitrogens with zero attached hydrogens (tertiary/aromatic N) is 3. The lowest BCUT2D eigenvalue weighted by atomic mass is 9.83. The third-order valence-electron chi connectivity index (χ3n) is 6.16. The average molecular weight is 429 g/mol. The zero-order valence-electron chi connectivity index (χ0n) is 17.2. The van der Waals surface area contributed by atoms with E-state index in [1.165, 1.54) is 18.2 Å². The second kappa shape index (κ2) is 7.97. The van der Waals surface area contributed by atoms with E-state index >= 15 is 0 Å². The highest BCUT2D eigenvalue weighted by Gasteiger charge is 2.37. The van der Waals surface area contributed by atoms with Gasteiger partial charge in [0.25, 0.3) is 11.5 Å². The summed E-state index contributed by atoms with van der Waals surface area (Å²) in [6, 6.07) is 16.6. The number of carbonyl (C=O) groups excluding carboxylic acids is 1. The molecule has 0 saturated carbocycles. The van der Waals surface area contributed by atoms with Crippen molar-refractivity contribution in [3.8, 4) is 17.4 Å². The minimum atomic E-state index is -0.339. The molecule has 32 heavy (non-hydrogen) atoms. The first-order chi connectivity index (χ1) is 15.5. The van der Waals surface area contributed by atoms with Crippen LogP contribution in [0.1, 0.15) is 23.8 Å². The minimum absolute atomic E-state index is 0.00423. The SMILES string of the molecule is N#C/C(=C\c1ccc(-c2ccc(F)cc2)o1)C(=O)N1C[C@@H]2C[C@H](C1)c1cccc(=O)n1C2. The Morgan fingerprint density at radius 3 is 2.69 bits per heavy atom. The number of amides is 1. The zero-order valence-corrected chi connectivity index (χ0v) is 17.2. The highest BCUT2D eigenvalue weighted by Crippen LogP contribution is 2.35. The Morgan fingerprint density at radius 1 is 1.09 bits per heavy atom. The lowest BCUT2D eigenvalue weighted by molar-refractivity contribution is -0.129. The van der Waals surface area contributed by atoms with Crippen molar-refractivity contribution in [2.24, 2.45) is 5.92 Å². The zero-order chi connectivity index (χ0) is 22.2. The van der Waals surface area contributed by atoms with Gasteiger partial charge in [-0.25, -0.2) is 4.39 Å². The summed E-state index contributed by atoms with van der Waals surface area (Å²) in [6.07, 6.45) is 2.37. The van der Waals surface area contributed by atoms with E-state index in [2.05, 4.69) is 0 Å². The molecule has 0 N–H and O–H groups in total. The molecule has 2 bridgehead atoms. The summed E-state index contributed by atoms with van der Waals surface area (Å²) in [6.45, 7) is 1.56. The summed E-state index contributed by atoms with van der Waals surface area (Å²) < 4.78 is 20.7. The van der Waals surface area contributed by atoms with Gasteiger partial charge in [0, 0.05) is 49.0 Å². The topological polar surface area (TPSA) is 79.2 Å². The molecule has 5 rings (SSSR count). The van der Waals surface area contributed by atoms with Gasteiger partial charge in [-0.3, -0.25) is 9.59 Å². The van der Waals surface area contributed by atoms with Crippen molar-refractivity contribution in [1.82, 2.24) is 9.47 Å². The third kappa shape index (κ3) is 3.65. The molecule has 1 amide bonds. The molecule has 7 heteroatoms. The number of carbonyl (C=O) groups is 1. The van der Waals surface area contributed by atoms with Crippen LogP contribution in [0.2, 0.25) is 0 Å². The molecule has 0 radical (unpaired) electrons. The number of nitriles is 1. The monoisotopic (exact) mass is 429 g/mol. The molecule has 0 unspecified atom stereocenters. The number of furan rings is 1. The van der Waals surface area contributed by atoms with Crippen molar-refractivity contribution >= 4 is 12.0 Å². The van der Waals surface area contributed by atoms with E-state index < -0.39 is 0 Å². The Balaban J connectivity index is 1.37. The highest BCUT2D eigenvalue weighted by molar-refractivity contribution is 6.01. The summed E-state index contributed by atoms with van der Waals surface area (Å²) in [5.74, 6) is 0.483. The molecule has 0 spiro atoms. The Labute approximate surface area is 183 Å². The molecule has 160 valence electrons. The van der Waals surface area contributed by atoms with Crippen molar-refractivity contribution in [2.45, 2.75) is 18.9 Å². The second-order valence-corrected chi connectivity index (χ2v) is 8.29. The number of piperidine rings is 1. The number of halogens is 1. The van der Waals surface area contributed by atoms with Crippen molar-refractivity contribution in [1.29, 1.82) is 5.26 Å². The van der Waals surface area contributed by atoms with Gasteiger partial charge in [0.05, 0.1) is 0 Å². The standard InChI is InChI=1S/C25H20FN3O3/c26-20-6-4-17(5-7-20)23-9-8-21(32-23)11-18(12-27)25(31)28-13-16-10-19(15-28)22-2-1-3-24(30)29(22)14-16/h1-9,11,16,19H,10,13-15H2/b18-11+/t16-,19+/m0/s1. The Bertz CT molecular complexity index is 1310. The van der Waals surface area contributed by atoms with Crippen molar-refractivity contribution in [2.75, 3.05) is 13.1 Å². The van der Waals surface area contributed by atoms with Crippen molar-refractivity contribution in [3.63, 3.8) is 0 Å². The molecule has 2 aromatic heterocycles. The first kappa shape index (κ1) is 20.0. The van der Waals surface area contributed by atoms with Crippen LogP contribution in [0.15, 0.2) is 69.4 Å². The van der Waals surface area contributed by atoms with Gasteiger partial charge in [-0.15, -0.1) is 0 Å². The van der Waals surface area contributed by atoms with Crippen molar-refractivity contribution < 1.29 is 13.6 Å². The fraction of sp³-hybridized carbons (Fsp3) is 0.240. The molecule has 1 saturated heterocycles. The van der Waals surface area contributed by atoms with E-state index in [1.54, 1.807) is 41.3 Å². The van der Waals surface area contributed by atoms with E-state index in [4.69, 9.17) is 4.42 Å². The normalized spacial score (nSPS) is 19.9. The van der Waals surface area contributed by atoms with Crippen molar-refractivity contribution in [3.05, 3.63) is 87.8 Å². The maximum atomic E-state index is 13.1. The minimum Gasteiger partial charge on any atom is -0.457 e. The van der Waals surface area contributed by atoms with Gasteiger partial charge >= 0.3 is 0 Å². The summed E-state index contributed by atoms with van der Waals surface area (Å²) in [7, 11) is 0. The van der Waals surface area contributed by atoms with Crippen LogP contribution in [0.3, 0.4) is 0 Å². The maximum absolute atomic E-state index is 13.1. The number of benzene rings is 1. The van der Waals surface area contributed by atoms with Gasteiger partial charge in [-0.1, -0.05) is 6.07 Å². The summed E-state index contributed by atoms with van der Waals surface area (Å²) in [4.78, 5) is 27.0. The number of likely N-dealkylation sites (tertiary alicyclic amines) is 1. The molecule has 2 aliphatic heterocycles. The maximum Gasteiger partial charge on any atom is 0.264 e. The van der Waals surface area contributed by atoms with Crippen LogP contribution < -0.4 is 5.56 Å². The summed E-state index contributed by atoms with van der Waals surface area (Å²) in [5, 5.41) is 9.65. The van der Waals surface area contributed by atoms with Crippen LogP contribution in [0.4, 0.5) is 4.39 Å². The molecule has 4 heterocycles. The van der Waals surface area contributed by atoms with Gasteiger partial charge in [-0.2, -0.15) is 5.26 Å². The van der Waals surface area contributed by atoms with Gasteiger partial charge in [0.15, 0.2) is 0 Å². The smallest absolute Gasteiger partial charge is 0.264 e. The number of hydrogen-bond donors (Lipinski definition) is 0. The van der Waals surface area contributed by atoms with Gasteiger partial charge in [0.1, 0.15) is 29.0 Å². The number of pyridine rings is 1. The van der Waals surface area contributed by atoms with E-state index in [0.717, 1.165) is 12.1 Å². The Morgan fingerprint density at radius 2 is 1.91 bits per heavy atom. The Kier molecular flexibility index (Phi) is 4.98. The molecule has 3 aromatic rings. The van der Waals surface area contributed by atoms with Crippen LogP contribution >= 0.6 is 0 Å². The van der Waals surface area contributed by atoms with E-state index in [1.807, 2.05) is 16.7 Å². The number of rotatable bonds is 3. The van der Waals surface area contributed by atoms with Crippen LogP contribution in [0.5, 0.6) is 0 Å². The van der Waals surface area contributed by atoms with E-state index in [-0.39, 0.29) is 34.7 Å². The summed E-state index contributed by atoms with van der Waals surface area (Å²) in [5.41, 5.74) is 1.64. The van der Waals surface area contributed by atoms with Gasteiger partial charge in [0.2, 0.25) is 0 Å². The van der Waals surface area contributed by atoms with Crippen LogP contribution in [-0.2, 0) is 11.3 Å². The predicted octanol–water partition coefficient (Wildman–Crippen LogP) is 3.80. The molecular weight excluding hydrogens is 409 g/mol. The number of fused-ring (bicyclic) bond motifs is 4. The number of aromatic nitrogens is 1. The average Bonchev–Trinajstić information content (AvgIpc) is 3.27. The van der Waals surface area contributed by atoms with Crippen LogP contribution in [0.25, 0.3) is 17.4 Å². The molecule has 1 aromatic carbocycles. The highest BCUT2D eigenvalue weighted by atomic mass is 19.1. The van der Waals surface area contributed by atoms with Crippen LogP contribution in [-0.4, -0.2) is 28.5 Å². The fourth-order valence-electron chi connectivity index (χ4n) is 4.72. The molecule has 1 fully saturated rings. The first-order valence-corrected chi connectivity index (χ1v) is 10.5.